The molecule has 2 aliphatic rings. The highest BCUT2D eigenvalue weighted by Crippen LogP contribution is 2.27. The molecule has 1 atom stereocenters. The molecule has 4 rings (SSSR count). The van der Waals surface area contributed by atoms with Crippen LogP contribution < -0.4 is 10.2 Å². The van der Waals surface area contributed by atoms with Crippen molar-refractivity contribution in [1.82, 2.24) is 15.2 Å². The Morgan fingerprint density at radius 3 is 2.89 bits per heavy atom. The van der Waals surface area contributed by atoms with Gasteiger partial charge in [0.15, 0.2) is 11.5 Å². The molecule has 36 heavy (non-hydrogen) atoms. The number of nitrogens with zero attached hydrogens (tertiary/aromatic N) is 3. The normalized spacial score (nSPS) is 20.6. The minimum absolute atomic E-state index is 0.0573. The van der Waals surface area contributed by atoms with Gasteiger partial charge in [-0.1, -0.05) is 42.5 Å². The fourth-order valence-corrected chi connectivity index (χ4v) is 4.50. The monoisotopic (exact) mass is 509 g/mol. The van der Waals surface area contributed by atoms with E-state index in [0.717, 1.165) is 25.0 Å². The van der Waals surface area contributed by atoms with Crippen molar-refractivity contribution in [2.45, 2.75) is 32.7 Å². The van der Waals surface area contributed by atoms with E-state index in [-0.39, 0.29) is 17.7 Å². The Kier molecular flexibility index (Phi) is 8.15. The summed E-state index contributed by atoms with van der Waals surface area (Å²) in [6.45, 7) is 10.5. The minimum atomic E-state index is -0.326. The summed E-state index contributed by atoms with van der Waals surface area (Å²) in [5, 5.41) is 12.7. The Balaban J connectivity index is 1.55. The van der Waals surface area contributed by atoms with Crippen molar-refractivity contribution in [2.75, 3.05) is 37.7 Å². The summed E-state index contributed by atoms with van der Waals surface area (Å²) in [5.74, 6) is 0.155. The molecule has 9 heteroatoms. The fraction of sp³-hybridized carbons (Fsp3) is 0.370. The zero-order valence-electron chi connectivity index (χ0n) is 20.7. The van der Waals surface area contributed by atoms with Gasteiger partial charge in [0.25, 0.3) is 11.9 Å². The summed E-state index contributed by atoms with van der Waals surface area (Å²) in [6, 6.07) is 5.81. The second-order valence-corrected chi connectivity index (χ2v) is 9.35. The van der Waals surface area contributed by atoms with E-state index < -0.39 is 0 Å². The third kappa shape index (κ3) is 5.65. The number of carbonyl (C=O) groups excluding carboxylic acids is 1. The Bertz CT molecular complexity index is 1240. The number of carbonyl (C=O) groups is 1. The van der Waals surface area contributed by atoms with E-state index in [1.807, 2.05) is 37.0 Å². The van der Waals surface area contributed by atoms with Crippen molar-refractivity contribution >= 4 is 40.3 Å². The van der Waals surface area contributed by atoms with Crippen LogP contribution >= 0.6 is 11.6 Å². The molecule has 0 radical (unpaired) electrons. The standard InChI is InChI=1S/C27H32ClN5O3/c1-4-5-6-8-18(2)23(25-30-12-7-16-35-25)24(29)26(34)33-15-14-32(13-11-19(33)3)27-31-21-17-20(28)9-10-22(21)36-27/h4-6,8-10,17,19,29-30H,1,7,11-16H2,2-3H3/b6-5-,18-8+,25-23+,29-24?/t19-/m1/s1. The number of rotatable bonds is 6. The number of benzene rings is 1. The topological polar surface area (TPSA) is 94.7 Å². The van der Waals surface area contributed by atoms with Gasteiger partial charge in [0, 0.05) is 37.2 Å². The number of halogens is 1. The van der Waals surface area contributed by atoms with Crippen LogP contribution in [0.4, 0.5) is 6.01 Å². The summed E-state index contributed by atoms with van der Waals surface area (Å²) in [7, 11) is 0. The van der Waals surface area contributed by atoms with Gasteiger partial charge in [0.1, 0.15) is 11.2 Å². The van der Waals surface area contributed by atoms with Gasteiger partial charge in [0.05, 0.1) is 12.2 Å². The SMILES string of the molecule is C=C\C=C/C=C(C)/C(C(=N)C(=O)N1CCN(c2nc3cc(Cl)ccc3o2)CC[C@H]1C)=C1/NCCCO1. The summed E-state index contributed by atoms with van der Waals surface area (Å²) >= 11 is 6.09. The number of anilines is 1. The molecular formula is C27H32ClN5O3. The quantitative estimate of drug-likeness (QED) is 0.427. The molecule has 2 saturated heterocycles. The van der Waals surface area contributed by atoms with Crippen molar-refractivity contribution < 1.29 is 13.9 Å². The number of hydrogen-bond acceptors (Lipinski definition) is 7. The van der Waals surface area contributed by atoms with Gasteiger partial charge in [0.2, 0.25) is 0 Å². The summed E-state index contributed by atoms with van der Waals surface area (Å²) in [5.41, 5.74) is 2.54. The lowest BCUT2D eigenvalue weighted by atomic mass is 10.00. The number of nitrogens with one attached hydrogen (secondary N) is 2. The maximum atomic E-state index is 13.7. The van der Waals surface area contributed by atoms with Gasteiger partial charge < -0.3 is 24.3 Å². The van der Waals surface area contributed by atoms with Crippen LogP contribution in [0.25, 0.3) is 11.1 Å². The molecular weight excluding hydrogens is 478 g/mol. The summed E-state index contributed by atoms with van der Waals surface area (Å²) in [4.78, 5) is 22.0. The van der Waals surface area contributed by atoms with Gasteiger partial charge >= 0.3 is 0 Å². The minimum Gasteiger partial charge on any atom is -0.479 e. The lowest BCUT2D eigenvalue weighted by Crippen LogP contribution is -2.44. The fourth-order valence-electron chi connectivity index (χ4n) is 4.34. The van der Waals surface area contributed by atoms with Crippen molar-refractivity contribution in [1.29, 1.82) is 5.41 Å². The number of oxazole rings is 1. The highest BCUT2D eigenvalue weighted by molar-refractivity contribution is 6.45. The molecule has 1 amide bonds. The number of hydrogen-bond donors (Lipinski definition) is 2. The summed E-state index contributed by atoms with van der Waals surface area (Å²) < 4.78 is 11.8. The number of amides is 1. The predicted molar refractivity (Wildman–Crippen MR) is 143 cm³/mol. The molecule has 0 bridgehead atoms. The van der Waals surface area contributed by atoms with Gasteiger partial charge in [-0.15, -0.1) is 0 Å². The smallest absolute Gasteiger partial charge is 0.298 e. The molecule has 0 aliphatic carbocycles. The van der Waals surface area contributed by atoms with Gasteiger partial charge in [-0.2, -0.15) is 4.98 Å². The lowest BCUT2D eigenvalue weighted by Gasteiger charge is -2.29. The first-order chi connectivity index (χ1) is 17.4. The number of allylic oxidation sites excluding steroid dienone is 5. The molecule has 1 aromatic carbocycles. The van der Waals surface area contributed by atoms with Crippen LogP contribution in [-0.4, -0.2) is 60.3 Å². The van der Waals surface area contributed by atoms with Gasteiger partial charge in [-0.3, -0.25) is 10.2 Å². The number of aromatic nitrogens is 1. The Labute approximate surface area is 216 Å². The number of fused-ring (bicyclic) bond motifs is 1. The van der Waals surface area contributed by atoms with E-state index in [0.29, 0.717) is 59.8 Å². The Hall–Kier alpha value is -3.52. The van der Waals surface area contributed by atoms with E-state index in [1.165, 1.54) is 0 Å². The second-order valence-electron chi connectivity index (χ2n) is 8.91. The van der Waals surface area contributed by atoms with Crippen LogP contribution in [0.3, 0.4) is 0 Å². The third-order valence-electron chi connectivity index (χ3n) is 6.36. The Morgan fingerprint density at radius 2 is 2.14 bits per heavy atom. The highest BCUT2D eigenvalue weighted by atomic mass is 35.5. The Morgan fingerprint density at radius 1 is 1.31 bits per heavy atom. The molecule has 3 heterocycles. The van der Waals surface area contributed by atoms with Crippen LogP contribution in [0.1, 0.15) is 26.7 Å². The molecule has 2 N–H and O–H groups in total. The lowest BCUT2D eigenvalue weighted by molar-refractivity contribution is -0.125. The first-order valence-electron chi connectivity index (χ1n) is 12.2. The van der Waals surface area contributed by atoms with Crippen LogP contribution in [0.15, 0.2) is 70.5 Å². The molecule has 190 valence electrons. The molecule has 8 nitrogen and oxygen atoms in total. The van der Waals surface area contributed by atoms with Gasteiger partial charge in [-0.25, -0.2) is 0 Å². The van der Waals surface area contributed by atoms with Crippen molar-refractivity contribution in [3.05, 3.63) is 71.1 Å². The van der Waals surface area contributed by atoms with Crippen LogP contribution in [-0.2, 0) is 9.53 Å². The second kappa shape index (κ2) is 11.5. The molecule has 2 aromatic rings. The van der Waals surface area contributed by atoms with E-state index >= 15 is 0 Å². The average molecular weight is 510 g/mol. The predicted octanol–water partition coefficient (Wildman–Crippen LogP) is 4.84. The average Bonchev–Trinajstić information content (AvgIpc) is 3.19. The first kappa shape index (κ1) is 25.6. The van der Waals surface area contributed by atoms with Crippen molar-refractivity contribution in [3.63, 3.8) is 0 Å². The molecule has 0 unspecified atom stereocenters. The molecule has 2 aliphatic heterocycles. The molecule has 0 spiro atoms. The van der Waals surface area contributed by atoms with Crippen molar-refractivity contribution in [2.24, 2.45) is 0 Å². The molecule has 2 fully saturated rings. The zero-order valence-corrected chi connectivity index (χ0v) is 21.5. The van der Waals surface area contributed by atoms with E-state index in [2.05, 4.69) is 16.9 Å². The summed E-state index contributed by atoms with van der Waals surface area (Å²) in [6.07, 6.45) is 8.77. The van der Waals surface area contributed by atoms with Crippen LogP contribution in [0.5, 0.6) is 0 Å². The maximum Gasteiger partial charge on any atom is 0.298 e. The van der Waals surface area contributed by atoms with Crippen LogP contribution in [0.2, 0.25) is 5.02 Å². The van der Waals surface area contributed by atoms with E-state index in [1.54, 1.807) is 29.2 Å². The third-order valence-corrected chi connectivity index (χ3v) is 6.60. The van der Waals surface area contributed by atoms with Crippen molar-refractivity contribution in [3.8, 4) is 0 Å². The first-order valence-corrected chi connectivity index (χ1v) is 12.5. The zero-order chi connectivity index (χ0) is 25.7. The number of ether oxygens (including phenoxy) is 1. The maximum absolute atomic E-state index is 13.7. The van der Waals surface area contributed by atoms with Crippen LogP contribution in [0, 0.1) is 5.41 Å². The largest absolute Gasteiger partial charge is 0.479 e. The molecule has 0 saturated carbocycles. The van der Waals surface area contributed by atoms with Gasteiger partial charge in [-0.05, 0) is 50.5 Å². The molecule has 1 aromatic heterocycles. The highest BCUT2D eigenvalue weighted by Gasteiger charge is 2.32. The van der Waals surface area contributed by atoms with E-state index in [9.17, 15) is 4.79 Å². The van der Waals surface area contributed by atoms with E-state index in [4.69, 9.17) is 26.2 Å².